The fourth-order valence-corrected chi connectivity index (χ4v) is 3.67. The topological polar surface area (TPSA) is 46.9 Å². The van der Waals surface area contributed by atoms with Gasteiger partial charge in [0.05, 0.1) is 16.1 Å². The number of imidazole rings is 1. The number of nitrogens with zero attached hydrogens (tertiary/aromatic N) is 2. The summed E-state index contributed by atoms with van der Waals surface area (Å²) in [6.45, 7) is 2.10. The highest BCUT2D eigenvalue weighted by molar-refractivity contribution is 6.36. The second-order valence-corrected chi connectivity index (χ2v) is 7.40. The summed E-state index contributed by atoms with van der Waals surface area (Å²) < 4.78 is 1.87. The van der Waals surface area contributed by atoms with E-state index in [1.54, 1.807) is 12.1 Å². The Morgan fingerprint density at radius 3 is 2.64 bits per heavy atom. The van der Waals surface area contributed by atoms with Crippen LogP contribution in [0.4, 0.5) is 5.69 Å². The molecule has 4 nitrogen and oxygen atoms in total. The fourth-order valence-electron chi connectivity index (χ4n) is 3.18. The van der Waals surface area contributed by atoms with Crippen molar-refractivity contribution in [2.75, 3.05) is 5.32 Å². The van der Waals surface area contributed by atoms with Gasteiger partial charge in [0, 0.05) is 16.3 Å². The molecule has 1 N–H and O–H groups in total. The average Bonchev–Trinajstić information content (AvgIpc) is 3.00. The van der Waals surface area contributed by atoms with Gasteiger partial charge in [-0.05, 0) is 55.0 Å². The monoisotopic (exact) mass is 409 g/mol. The van der Waals surface area contributed by atoms with Gasteiger partial charge < -0.3 is 9.88 Å². The molecule has 0 atom stereocenters. The first-order valence-corrected chi connectivity index (χ1v) is 9.54. The summed E-state index contributed by atoms with van der Waals surface area (Å²) in [5, 5.41) is 3.99. The van der Waals surface area contributed by atoms with Gasteiger partial charge in [-0.1, -0.05) is 47.5 Å². The molecule has 0 aliphatic carbocycles. The van der Waals surface area contributed by atoms with Crippen molar-refractivity contribution in [1.82, 2.24) is 9.55 Å². The van der Waals surface area contributed by atoms with Crippen molar-refractivity contribution in [3.8, 4) is 11.4 Å². The van der Waals surface area contributed by atoms with Crippen molar-refractivity contribution in [2.45, 2.75) is 13.5 Å². The van der Waals surface area contributed by atoms with Crippen molar-refractivity contribution >= 4 is 45.8 Å². The zero-order valence-electron chi connectivity index (χ0n) is 15.1. The summed E-state index contributed by atoms with van der Waals surface area (Å²) in [6.07, 6.45) is 0. The quantitative estimate of drug-likeness (QED) is 0.452. The number of fused-ring (bicyclic) bond motifs is 1. The molecule has 0 fully saturated rings. The first kappa shape index (κ1) is 18.5. The smallest absolute Gasteiger partial charge is 0.244 e. The number of anilines is 1. The number of amides is 1. The van der Waals surface area contributed by atoms with E-state index in [1.165, 1.54) is 0 Å². The maximum Gasteiger partial charge on any atom is 0.244 e. The van der Waals surface area contributed by atoms with E-state index in [4.69, 9.17) is 28.2 Å². The van der Waals surface area contributed by atoms with Crippen LogP contribution in [0, 0.1) is 6.92 Å². The van der Waals surface area contributed by atoms with Crippen LogP contribution in [0.25, 0.3) is 22.4 Å². The Morgan fingerprint density at radius 2 is 1.86 bits per heavy atom. The van der Waals surface area contributed by atoms with Crippen LogP contribution in [0.1, 0.15) is 5.56 Å². The molecule has 28 heavy (non-hydrogen) atoms. The molecule has 0 bridgehead atoms. The van der Waals surface area contributed by atoms with E-state index in [1.807, 2.05) is 66.1 Å². The third kappa shape index (κ3) is 3.75. The van der Waals surface area contributed by atoms with Gasteiger partial charge in [-0.15, -0.1) is 0 Å². The highest BCUT2D eigenvalue weighted by atomic mass is 35.5. The van der Waals surface area contributed by atoms with Crippen LogP contribution in [0.15, 0.2) is 66.7 Å². The van der Waals surface area contributed by atoms with Crippen LogP contribution < -0.4 is 5.32 Å². The standard InChI is InChI=1S/C22H17Cl2N3O/c1-14-5-4-6-16(11-14)25-21(28)13-27-20-8-3-2-7-19(20)26-22(27)17-10-9-15(23)12-18(17)24/h2-12H,13H2,1H3,(H,25,28). The van der Waals surface area contributed by atoms with Crippen LogP contribution in [0.3, 0.4) is 0 Å². The predicted molar refractivity (Wildman–Crippen MR) is 115 cm³/mol. The third-order valence-electron chi connectivity index (χ3n) is 4.43. The lowest BCUT2D eigenvalue weighted by Gasteiger charge is -2.11. The molecule has 140 valence electrons. The lowest BCUT2D eigenvalue weighted by atomic mass is 10.2. The molecular weight excluding hydrogens is 393 g/mol. The molecule has 1 aromatic heterocycles. The van der Waals surface area contributed by atoms with Gasteiger partial charge in [-0.3, -0.25) is 4.79 Å². The number of carbonyl (C=O) groups excluding carboxylic acids is 1. The lowest BCUT2D eigenvalue weighted by Crippen LogP contribution is -2.19. The number of benzene rings is 3. The number of nitrogens with one attached hydrogen (secondary N) is 1. The molecule has 0 radical (unpaired) electrons. The minimum absolute atomic E-state index is 0.114. The summed E-state index contributed by atoms with van der Waals surface area (Å²) in [4.78, 5) is 17.4. The molecule has 1 amide bonds. The summed E-state index contributed by atoms with van der Waals surface area (Å²) in [5.74, 6) is 0.488. The van der Waals surface area contributed by atoms with Gasteiger partial charge in [-0.25, -0.2) is 4.98 Å². The Kier molecular flexibility index (Phi) is 5.07. The molecule has 0 aliphatic rings. The maximum absolute atomic E-state index is 12.7. The molecule has 4 rings (SSSR count). The number of aromatic nitrogens is 2. The maximum atomic E-state index is 12.7. The van der Waals surface area contributed by atoms with E-state index in [-0.39, 0.29) is 12.5 Å². The molecule has 0 saturated carbocycles. The molecular formula is C22H17Cl2N3O. The second kappa shape index (κ2) is 7.66. The Labute approximate surface area is 172 Å². The largest absolute Gasteiger partial charge is 0.325 e. The van der Waals surface area contributed by atoms with Gasteiger partial charge in [0.1, 0.15) is 12.4 Å². The van der Waals surface area contributed by atoms with Crippen LogP contribution in [0.5, 0.6) is 0 Å². The molecule has 0 spiro atoms. The molecule has 6 heteroatoms. The Bertz CT molecular complexity index is 1180. The van der Waals surface area contributed by atoms with Crippen molar-refractivity contribution in [3.05, 3.63) is 82.3 Å². The minimum Gasteiger partial charge on any atom is -0.325 e. The minimum atomic E-state index is -0.139. The lowest BCUT2D eigenvalue weighted by molar-refractivity contribution is -0.116. The van der Waals surface area contributed by atoms with Gasteiger partial charge in [-0.2, -0.15) is 0 Å². The molecule has 4 aromatic rings. The number of para-hydroxylation sites is 2. The molecule has 0 aliphatic heterocycles. The molecule has 1 heterocycles. The van der Waals surface area contributed by atoms with E-state index in [9.17, 15) is 4.79 Å². The highest BCUT2D eigenvalue weighted by Crippen LogP contribution is 2.32. The Morgan fingerprint density at radius 1 is 1.04 bits per heavy atom. The summed E-state index contributed by atoms with van der Waals surface area (Å²) in [5.41, 5.74) is 4.24. The van der Waals surface area contributed by atoms with Crippen molar-refractivity contribution in [3.63, 3.8) is 0 Å². The average molecular weight is 410 g/mol. The zero-order chi connectivity index (χ0) is 19.7. The van der Waals surface area contributed by atoms with Crippen molar-refractivity contribution in [1.29, 1.82) is 0 Å². The second-order valence-electron chi connectivity index (χ2n) is 6.55. The summed E-state index contributed by atoms with van der Waals surface area (Å²) in [7, 11) is 0. The Balaban J connectivity index is 1.74. The number of hydrogen-bond acceptors (Lipinski definition) is 2. The van der Waals surface area contributed by atoms with E-state index in [2.05, 4.69) is 5.32 Å². The number of aryl methyl sites for hydroxylation is 1. The molecule has 0 unspecified atom stereocenters. The SMILES string of the molecule is Cc1cccc(NC(=O)Cn2c(-c3ccc(Cl)cc3Cl)nc3ccccc32)c1. The fraction of sp³-hybridized carbons (Fsp3) is 0.0909. The first-order valence-electron chi connectivity index (χ1n) is 8.78. The number of hydrogen-bond donors (Lipinski definition) is 1. The summed E-state index contributed by atoms with van der Waals surface area (Å²) >= 11 is 12.4. The van der Waals surface area contributed by atoms with E-state index in [0.717, 1.165) is 27.8 Å². The Hall–Kier alpha value is -2.82. The van der Waals surface area contributed by atoms with Crippen LogP contribution in [-0.2, 0) is 11.3 Å². The van der Waals surface area contributed by atoms with E-state index in [0.29, 0.717) is 15.9 Å². The van der Waals surface area contributed by atoms with E-state index >= 15 is 0 Å². The predicted octanol–water partition coefficient (Wildman–Crippen LogP) is 5.96. The van der Waals surface area contributed by atoms with Crippen LogP contribution in [0.2, 0.25) is 10.0 Å². The van der Waals surface area contributed by atoms with Crippen LogP contribution >= 0.6 is 23.2 Å². The molecule has 3 aromatic carbocycles. The number of carbonyl (C=O) groups is 1. The van der Waals surface area contributed by atoms with Crippen LogP contribution in [-0.4, -0.2) is 15.5 Å². The normalized spacial score (nSPS) is 11.0. The van der Waals surface area contributed by atoms with Crippen molar-refractivity contribution < 1.29 is 4.79 Å². The number of halogens is 2. The van der Waals surface area contributed by atoms with Gasteiger partial charge in [0.15, 0.2) is 0 Å². The van der Waals surface area contributed by atoms with Gasteiger partial charge in [0.25, 0.3) is 0 Å². The first-order chi connectivity index (χ1) is 13.5. The summed E-state index contributed by atoms with van der Waals surface area (Å²) in [6, 6.07) is 20.7. The van der Waals surface area contributed by atoms with Gasteiger partial charge >= 0.3 is 0 Å². The third-order valence-corrected chi connectivity index (χ3v) is 4.98. The molecule has 0 saturated heterocycles. The highest BCUT2D eigenvalue weighted by Gasteiger charge is 2.17. The zero-order valence-corrected chi connectivity index (χ0v) is 16.6. The van der Waals surface area contributed by atoms with Gasteiger partial charge in [0.2, 0.25) is 5.91 Å². The van der Waals surface area contributed by atoms with Crippen molar-refractivity contribution in [2.24, 2.45) is 0 Å². The number of rotatable bonds is 4. The van der Waals surface area contributed by atoms with E-state index < -0.39 is 0 Å².